The van der Waals surface area contributed by atoms with Gasteiger partial charge >= 0.3 is 0 Å². The SMILES string of the molecule is COc1ccc(C(=O)NCCn2cc(SCC(=O)Nc3ccc(F)cc3F)c3ccccc32)cc1. The van der Waals surface area contributed by atoms with E-state index in [2.05, 4.69) is 10.6 Å². The Kier molecular flexibility index (Phi) is 7.67. The van der Waals surface area contributed by atoms with Gasteiger partial charge in [-0.25, -0.2) is 8.78 Å². The highest BCUT2D eigenvalue weighted by Gasteiger charge is 2.13. The van der Waals surface area contributed by atoms with Crippen LogP contribution in [-0.2, 0) is 11.3 Å². The molecule has 9 heteroatoms. The zero-order valence-corrected chi connectivity index (χ0v) is 19.7. The first kappa shape index (κ1) is 24.3. The number of nitrogens with zero attached hydrogens (tertiary/aromatic N) is 1. The molecule has 0 saturated carbocycles. The van der Waals surface area contributed by atoms with E-state index in [4.69, 9.17) is 4.74 Å². The van der Waals surface area contributed by atoms with Gasteiger partial charge < -0.3 is 19.9 Å². The first-order valence-electron chi connectivity index (χ1n) is 10.8. The lowest BCUT2D eigenvalue weighted by Crippen LogP contribution is -2.27. The van der Waals surface area contributed by atoms with E-state index in [1.807, 2.05) is 35.0 Å². The van der Waals surface area contributed by atoms with Crippen molar-refractivity contribution in [2.75, 3.05) is 24.7 Å². The Morgan fingerprint density at radius 3 is 2.54 bits per heavy atom. The number of rotatable bonds is 9. The molecule has 0 fully saturated rings. The molecule has 0 radical (unpaired) electrons. The highest BCUT2D eigenvalue weighted by Crippen LogP contribution is 2.30. The second kappa shape index (κ2) is 11.1. The van der Waals surface area contributed by atoms with E-state index >= 15 is 0 Å². The number of hydrogen-bond donors (Lipinski definition) is 2. The Labute approximate surface area is 205 Å². The molecule has 1 aromatic heterocycles. The van der Waals surface area contributed by atoms with Gasteiger partial charge in [-0.2, -0.15) is 0 Å². The van der Waals surface area contributed by atoms with Gasteiger partial charge in [-0.15, -0.1) is 11.8 Å². The van der Waals surface area contributed by atoms with Crippen molar-refractivity contribution in [1.82, 2.24) is 9.88 Å². The number of aromatic nitrogens is 1. The van der Waals surface area contributed by atoms with Crippen molar-refractivity contribution in [2.45, 2.75) is 11.4 Å². The molecule has 3 aromatic carbocycles. The largest absolute Gasteiger partial charge is 0.497 e. The van der Waals surface area contributed by atoms with Crippen LogP contribution >= 0.6 is 11.8 Å². The Morgan fingerprint density at radius 1 is 1.03 bits per heavy atom. The van der Waals surface area contributed by atoms with Crippen LogP contribution in [0.25, 0.3) is 10.9 Å². The lowest BCUT2D eigenvalue weighted by atomic mass is 10.2. The average molecular weight is 496 g/mol. The van der Waals surface area contributed by atoms with Crippen molar-refractivity contribution in [3.63, 3.8) is 0 Å². The smallest absolute Gasteiger partial charge is 0.251 e. The number of nitrogens with one attached hydrogen (secondary N) is 2. The number of methoxy groups -OCH3 is 1. The molecule has 0 aliphatic rings. The van der Waals surface area contributed by atoms with Crippen LogP contribution in [0.1, 0.15) is 10.4 Å². The average Bonchev–Trinajstić information content (AvgIpc) is 3.22. The molecule has 4 aromatic rings. The summed E-state index contributed by atoms with van der Waals surface area (Å²) in [6.07, 6.45) is 1.93. The van der Waals surface area contributed by atoms with Gasteiger partial charge in [-0.1, -0.05) is 18.2 Å². The summed E-state index contributed by atoms with van der Waals surface area (Å²) in [6, 6.07) is 17.7. The van der Waals surface area contributed by atoms with Gasteiger partial charge in [-0.3, -0.25) is 9.59 Å². The van der Waals surface area contributed by atoms with E-state index < -0.39 is 17.5 Å². The number of hydrogen-bond acceptors (Lipinski definition) is 4. The van der Waals surface area contributed by atoms with Crippen molar-refractivity contribution in [3.8, 4) is 5.75 Å². The van der Waals surface area contributed by atoms with Crippen LogP contribution in [-0.4, -0.2) is 35.8 Å². The molecule has 0 saturated heterocycles. The molecule has 2 N–H and O–H groups in total. The number of ether oxygens (including phenoxy) is 1. The van der Waals surface area contributed by atoms with E-state index in [9.17, 15) is 18.4 Å². The molecule has 180 valence electrons. The van der Waals surface area contributed by atoms with E-state index in [0.29, 0.717) is 24.4 Å². The third kappa shape index (κ3) is 5.99. The molecule has 0 atom stereocenters. The van der Waals surface area contributed by atoms with E-state index in [1.165, 1.54) is 17.8 Å². The summed E-state index contributed by atoms with van der Waals surface area (Å²) in [5.74, 6) is -1.37. The number of para-hydroxylation sites is 1. The lowest BCUT2D eigenvalue weighted by molar-refractivity contribution is -0.113. The Bertz CT molecular complexity index is 1360. The predicted octanol–water partition coefficient (Wildman–Crippen LogP) is 5.09. The molecule has 1 heterocycles. The molecule has 0 bridgehead atoms. The van der Waals surface area contributed by atoms with Crippen molar-refractivity contribution in [1.29, 1.82) is 0 Å². The maximum Gasteiger partial charge on any atom is 0.251 e. The van der Waals surface area contributed by atoms with Crippen molar-refractivity contribution < 1.29 is 23.1 Å². The normalized spacial score (nSPS) is 10.8. The second-order valence-electron chi connectivity index (χ2n) is 7.65. The quantitative estimate of drug-likeness (QED) is 0.318. The third-order valence-corrected chi connectivity index (χ3v) is 6.35. The summed E-state index contributed by atoms with van der Waals surface area (Å²) in [5.41, 5.74) is 1.45. The summed E-state index contributed by atoms with van der Waals surface area (Å²) in [6.45, 7) is 0.952. The Balaban J connectivity index is 1.37. The number of carbonyl (C=O) groups excluding carboxylic acids is 2. The van der Waals surface area contributed by atoms with E-state index in [0.717, 1.165) is 27.9 Å². The number of halogens is 2. The van der Waals surface area contributed by atoms with Gasteiger partial charge in [0.1, 0.15) is 17.4 Å². The minimum absolute atomic E-state index is 0.0546. The van der Waals surface area contributed by atoms with Crippen LogP contribution < -0.4 is 15.4 Å². The van der Waals surface area contributed by atoms with Crippen molar-refractivity contribution in [2.24, 2.45) is 0 Å². The zero-order valence-electron chi connectivity index (χ0n) is 18.9. The summed E-state index contributed by atoms with van der Waals surface area (Å²) in [7, 11) is 1.57. The molecule has 35 heavy (non-hydrogen) atoms. The minimum Gasteiger partial charge on any atom is -0.497 e. The van der Waals surface area contributed by atoms with Crippen molar-refractivity contribution >= 4 is 40.2 Å². The fourth-order valence-corrected chi connectivity index (χ4v) is 4.46. The minimum atomic E-state index is -0.823. The Hall–Kier alpha value is -3.85. The fraction of sp³-hybridized carbons (Fsp3) is 0.154. The van der Waals surface area contributed by atoms with E-state index in [-0.39, 0.29) is 17.3 Å². The lowest BCUT2D eigenvalue weighted by Gasteiger charge is -2.08. The monoisotopic (exact) mass is 495 g/mol. The number of benzene rings is 3. The summed E-state index contributed by atoms with van der Waals surface area (Å²) in [4.78, 5) is 25.6. The maximum absolute atomic E-state index is 13.8. The fourth-order valence-electron chi connectivity index (χ4n) is 3.57. The maximum atomic E-state index is 13.8. The van der Waals surface area contributed by atoms with Crippen molar-refractivity contribution in [3.05, 3.63) is 90.1 Å². The first-order valence-corrected chi connectivity index (χ1v) is 11.8. The van der Waals surface area contributed by atoms with Gasteiger partial charge in [0, 0.05) is 46.7 Å². The summed E-state index contributed by atoms with van der Waals surface area (Å²) < 4.78 is 34.0. The molecule has 4 rings (SSSR count). The van der Waals surface area contributed by atoms with Gasteiger partial charge in [0.25, 0.3) is 5.91 Å². The topological polar surface area (TPSA) is 72.4 Å². The van der Waals surface area contributed by atoms with Crippen LogP contribution in [0.5, 0.6) is 5.75 Å². The number of carbonyl (C=O) groups is 2. The molecule has 0 spiro atoms. The number of thioether (sulfide) groups is 1. The van der Waals surface area contributed by atoms with Crippen LogP contribution in [0.4, 0.5) is 14.5 Å². The van der Waals surface area contributed by atoms with Gasteiger partial charge in [-0.05, 0) is 42.5 Å². The van der Waals surface area contributed by atoms with Gasteiger partial charge in [0.2, 0.25) is 5.91 Å². The number of anilines is 1. The third-order valence-electron chi connectivity index (χ3n) is 5.31. The number of amides is 2. The summed E-state index contributed by atoms with van der Waals surface area (Å²) >= 11 is 1.32. The molecule has 2 amide bonds. The van der Waals surface area contributed by atoms with Gasteiger partial charge in [0.05, 0.1) is 18.6 Å². The standard InChI is InChI=1S/C26H23F2N3O3S/c1-34-19-9-6-17(7-10-19)26(33)29-12-13-31-15-24(20-4-2-3-5-23(20)31)35-16-25(32)30-22-11-8-18(27)14-21(22)28/h2-11,14-15H,12-13,16H2,1H3,(H,29,33)(H,30,32). The molecule has 0 aliphatic carbocycles. The zero-order chi connectivity index (χ0) is 24.8. The highest BCUT2D eigenvalue weighted by atomic mass is 32.2. The summed E-state index contributed by atoms with van der Waals surface area (Å²) in [5, 5.41) is 6.35. The number of fused-ring (bicyclic) bond motifs is 1. The second-order valence-corrected chi connectivity index (χ2v) is 8.67. The van der Waals surface area contributed by atoms with E-state index in [1.54, 1.807) is 31.4 Å². The molecule has 6 nitrogen and oxygen atoms in total. The van der Waals surface area contributed by atoms with Crippen LogP contribution in [0.3, 0.4) is 0 Å². The molecular formula is C26H23F2N3O3S. The predicted molar refractivity (Wildman–Crippen MR) is 133 cm³/mol. The molecule has 0 aliphatic heterocycles. The van der Waals surface area contributed by atoms with Crippen LogP contribution in [0.2, 0.25) is 0 Å². The van der Waals surface area contributed by atoms with Crippen LogP contribution in [0.15, 0.2) is 77.8 Å². The first-order chi connectivity index (χ1) is 16.9. The Morgan fingerprint density at radius 2 is 1.80 bits per heavy atom. The highest BCUT2D eigenvalue weighted by molar-refractivity contribution is 8.00. The van der Waals surface area contributed by atoms with Gasteiger partial charge in [0.15, 0.2) is 0 Å². The molecule has 0 unspecified atom stereocenters. The molecular weight excluding hydrogens is 472 g/mol. The van der Waals surface area contributed by atoms with Crippen LogP contribution in [0, 0.1) is 11.6 Å².